The molecule has 48 heavy (non-hydrogen) atoms. The molecule has 0 aliphatic heterocycles. The first-order valence-corrected chi connectivity index (χ1v) is 16.7. The van der Waals surface area contributed by atoms with Crippen molar-refractivity contribution >= 4 is 28.2 Å². The van der Waals surface area contributed by atoms with E-state index in [-0.39, 0.29) is 55.3 Å². The van der Waals surface area contributed by atoms with E-state index in [0.717, 1.165) is 49.1 Å². The molecule has 3 rings (SSSR count). The summed E-state index contributed by atoms with van der Waals surface area (Å²) in [4.78, 5) is 22.4. The third-order valence-corrected chi connectivity index (χ3v) is 7.62. The number of rotatable bonds is 23. The molecule has 3 aromatic rings. The lowest BCUT2D eigenvalue weighted by Crippen LogP contribution is -2.28. The molecule has 0 unspecified atom stereocenters. The lowest BCUT2D eigenvalue weighted by atomic mass is 10.1. The van der Waals surface area contributed by atoms with Crippen molar-refractivity contribution in [3.05, 3.63) is 53.4 Å². The number of nitrogens with zero attached hydrogens (tertiary/aromatic N) is 3. The Balaban J connectivity index is 1.71. The van der Waals surface area contributed by atoms with E-state index >= 15 is 4.39 Å². The molecule has 0 bridgehead atoms. The summed E-state index contributed by atoms with van der Waals surface area (Å²) in [7, 11) is 1.58. The summed E-state index contributed by atoms with van der Waals surface area (Å²) in [6.07, 6.45) is 2.72. The maximum absolute atomic E-state index is 15.1. The molecule has 0 fully saturated rings. The van der Waals surface area contributed by atoms with Crippen LogP contribution in [0.25, 0.3) is 11.3 Å². The van der Waals surface area contributed by atoms with E-state index in [1.807, 2.05) is 0 Å². The van der Waals surface area contributed by atoms with E-state index in [0.29, 0.717) is 49.7 Å². The zero-order chi connectivity index (χ0) is 34.6. The van der Waals surface area contributed by atoms with Gasteiger partial charge in [-0.15, -0.1) is 0 Å². The van der Waals surface area contributed by atoms with E-state index in [1.54, 1.807) is 19.2 Å². The molecule has 1 aromatic carbocycles. The minimum Gasteiger partial charge on any atom is -0.493 e. The van der Waals surface area contributed by atoms with Gasteiger partial charge in [-0.25, -0.2) is 14.7 Å². The van der Waals surface area contributed by atoms with Crippen LogP contribution >= 0.6 is 11.3 Å². The summed E-state index contributed by atoms with van der Waals surface area (Å²) in [6.45, 7) is 4.18. The molecule has 2 heterocycles. The zero-order valence-corrected chi connectivity index (χ0v) is 28.1. The number of anilines is 2. The molecule has 0 aliphatic rings. The van der Waals surface area contributed by atoms with E-state index in [1.165, 1.54) is 18.5 Å². The Hall–Kier alpha value is -3.37. The predicted molar refractivity (Wildman–Crippen MR) is 173 cm³/mol. The van der Waals surface area contributed by atoms with Gasteiger partial charge < -0.3 is 28.4 Å². The zero-order valence-electron chi connectivity index (χ0n) is 27.3. The number of thiazole rings is 1. The average molecular weight is 702 g/mol. The van der Waals surface area contributed by atoms with Crippen molar-refractivity contribution in [2.45, 2.75) is 51.6 Å². The fraction of sp³-hybridized carbons (Fsp3) is 0.545. The first-order valence-electron chi connectivity index (χ1n) is 15.9. The number of pyridine rings is 1. The van der Waals surface area contributed by atoms with Gasteiger partial charge in [-0.1, -0.05) is 50.4 Å². The van der Waals surface area contributed by atoms with Crippen LogP contribution in [0.1, 0.15) is 51.0 Å². The molecular formula is C33H43F4N3O7S. The van der Waals surface area contributed by atoms with Gasteiger partial charge in [0.2, 0.25) is 10.3 Å². The molecule has 0 radical (unpaired) electrons. The number of carbonyl (C=O) groups is 1. The minimum absolute atomic E-state index is 0.0144. The number of amides is 1. The van der Waals surface area contributed by atoms with Crippen molar-refractivity contribution in [2.24, 2.45) is 0 Å². The number of aromatic nitrogens is 2. The third kappa shape index (κ3) is 13.3. The maximum atomic E-state index is 15.1. The first-order chi connectivity index (χ1) is 23.3. The van der Waals surface area contributed by atoms with Crippen LogP contribution < -0.4 is 9.64 Å². The Kier molecular flexibility index (Phi) is 17.6. The number of ether oxygens (including phenoxy) is 6. The highest BCUT2D eigenvalue weighted by molar-refractivity contribution is 7.14. The van der Waals surface area contributed by atoms with Crippen molar-refractivity contribution in [1.82, 2.24) is 9.97 Å². The summed E-state index contributed by atoms with van der Waals surface area (Å²) in [5.41, 5.74) is -1.09. The summed E-state index contributed by atoms with van der Waals surface area (Å²) in [5, 5.41) is -0.981. The van der Waals surface area contributed by atoms with Gasteiger partial charge in [-0.05, 0) is 36.8 Å². The Labute approximate surface area is 282 Å². The molecule has 0 saturated heterocycles. The second-order valence-electron chi connectivity index (χ2n) is 10.4. The lowest BCUT2D eigenvalue weighted by Gasteiger charge is -2.22. The second kappa shape index (κ2) is 21.6. The summed E-state index contributed by atoms with van der Waals surface area (Å²) < 4.78 is 89.7. The lowest BCUT2D eigenvalue weighted by molar-refractivity contribution is -0.138. The van der Waals surface area contributed by atoms with Crippen molar-refractivity contribution < 1.29 is 50.8 Å². The first kappa shape index (κ1) is 39.1. The van der Waals surface area contributed by atoms with Gasteiger partial charge in [0.1, 0.15) is 18.1 Å². The summed E-state index contributed by atoms with van der Waals surface area (Å²) in [6, 6.07) is 6.36. The highest BCUT2D eigenvalue weighted by Crippen LogP contribution is 2.42. The van der Waals surface area contributed by atoms with Gasteiger partial charge >= 0.3 is 12.3 Å². The Morgan fingerprint density at radius 3 is 2.19 bits per heavy atom. The number of unbranched alkanes of at least 4 members (excludes halogenated alkanes) is 5. The van der Waals surface area contributed by atoms with Crippen LogP contribution in [0.15, 0.2) is 42.7 Å². The van der Waals surface area contributed by atoms with E-state index in [9.17, 15) is 18.0 Å². The smallest absolute Gasteiger partial charge is 0.420 e. The Morgan fingerprint density at radius 2 is 1.54 bits per heavy atom. The van der Waals surface area contributed by atoms with Gasteiger partial charge in [-0.2, -0.15) is 17.6 Å². The minimum atomic E-state index is -4.80. The van der Waals surface area contributed by atoms with Crippen LogP contribution in [-0.2, 0) is 29.9 Å². The molecule has 0 saturated carbocycles. The summed E-state index contributed by atoms with van der Waals surface area (Å²) >= 11 is 0.486. The molecule has 1 amide bonds. The number of hydrogen-bond donors (Lipinski definition) is 0. The van der Waals surface area contributed by atoms with Crippen molar-refractivity contribution in [3.8, 4) is 17.0 Å². The Morgan fingerprint density at radius 1 is 0.875 bits per heavy atom. The number of hydrogen-bond acceptors (Lipinski definition) is 10. The normalized spacial score (nSPS) is 11.5. The van der Waals surface area contributed by atoms with E-state index in [4.69, 9.17) is 28.4 Å². The van der Waals surface area contributed by atoms with Crippen LogP contribution in [0.4, 0.5) is 33.2 Å². The average Bonchev–Trinajstić information content (AvgIpc) is 3.45. The van der Waals surface area contributed by atoms with Gasteiger partial charge in [0.15, 0.2) is 0 Å². The number of carbonyl (C=O) groups excluding carboxylic acids is 1. The number of benzene rings is 1. The van der Waals surface area contributed by atoms with Crippen molar-refractivity contribution in [3.63, 3.8) is 0 Å². The molecule has 15 heteroatoms. The molecule has 266 valence electrons. The summed E-state index contributed by atoms with van der Waals surface area (Å²) in [5.74, 6) is -0.369. The Bertz CT molecular complexity index is 1350. The van der Waals surface area contributed by atoms with Crippen LogP contribution in [-0.4, -0.2) is 82.6 Å². The molecule has 0 N–H and O–H groups in total. The third-order valence-electron chi connectivity index (χ3n) is 6.79. The van der Waals surface area contributed by atoms with Crippen LogP contribution in [0.2, 0.25) is 0 Å². The monoisotopic (exact) mass is 701 g/mol. The van der Waals surface area contributed by atoms with Gasteiger partial charge in [0.05, 0.1) is 64.1 Å². The number of halogens is 4. The van der Waals surface area contributed by atoms with Crippen LogP contribution in [0.5, 0.6) is 5.75 Å². The molecule has 0 aliphatic carbocycles. The van der Waals surface area contributed by atoms with Crippen molar-refractivity contribution in [1.29, 1.82) is 0 Å². The van der Waals surface area contributed by atoms with Crippen molar-refractivity contribution in [2.75, 3.05) is 71.5 Å². The van der Waals surface area contributed by atoms with Crippen LogP contribution in [0.3, 0.4) is 0 Å². The molecular weight excluding hydrogens is 658 g/mol. The molecule has 10 nitrogen and oxygen atoms in total. The SMILES string of the molecule is CCCCCCCCOc1ccc(N(C(=O)OCCOCCOCCOCCOC)c2nc(-c3cccnc3)c(F)s2)cc1C(F)(F)F. The fourth-order valence-electron chi connectivity index (χ4n) is 4.37. The predicted octanol–water partition coefficient (Wildman–Crippen LogP) is 8.07. The van der Waals surface area contributed by atoms with Crippen LogP contribution in [0, 0.1) is 5.13 Å². The molecule has 0 spiro atoms. The molecule has 2 aromatic heterocycles. The topological polar surface area (TPSA) is 101 Å². The highest BCUT2D eigenvalue weighted by Gasteiger charge is 2.36. The van der Waals surface area contributed by atoms with Gasteiger partial charge in [0.25, 0.3) is 0 Å². The second-order valence-corrected chi connectivity index (χ2v) is 11.4. The fourth-order valence-corrected chi connectivity index (χ4v) is 5.20. The standard InChI is InChI=1S/C33H43F4N3O7S/c1-3-4-5-6-7-8-14-46-28-12-11-26(23-27(28)33(35,36)37)40(31-39-29(30(34)48-31)25-10-9-13-38-24-25)32(41)47-22-21-45-20-19-44-18-17-43-16-15-42-2/h9-13,23-24H,3-8,14-22H2,1-2H3. The number of alkyl halides is 3. The van der Waals surface area contributed by atoms with E-state index in [2.05, 4.69) is 16.9 Å². The van der Waals surface area contributed by atoms with Gasteiger partial charge in [0, 0.05) is 25.1 Å². The van der Waals surface area contributed by atoms with Gasteiger partial charge in [-0.3, -0.25) is 4.98 Å². The quantitative estimate of drug-likeness (QED) is 0.0718. The van der Waals surface area contributed by atoms with E-state index < -0.39 is 23.0 Å². The molecule has 0 atom stereocenters. The highest BCUT2D eigenvalue weighted by atomic mass is 32.1. The maximum Gasteiger partial charge on any atom is 0.420 e. The largest absolute Gasteiger partial charge is 0.493 e. The number of methoxy groups -OCH3 is 1.